The highest BCUT2D eigenvalue weighted by molar-refractivity contribution is 5.84. The molecular formula is C17H19N3O. The average molecular weight is 281 g/mol. The molecule has 0 saturated carbocycles. The molecule has 2 aromatic rings. The van der Waals surface area contributed by atoms with E-state index >= 15 is 0 Å². The lowest BCUT2D eigenvalue weighted by Crippen LogP contribution is -2.20. The van der Waals surface area contributed by atoms with Crippen LogP contribution in [0.2, 0.25) is 0 Å². The molecule has 1 aromatic carbocycles. The van der Waals surface area contributed by atoms with Crippen LogP contribution in [0.25, 0.3) is 10.9 Å². The van der Waals surface area contributed by atoms with Gasteiger partial charge in [0.1, 0.15) is 0 Å². The maximum absolute atomic E-state index is 11.9. The molecule has 1 aliphatic carbocycles. The van der Waals surface area contributed by atoms with E-state index in [9.17, 15) is 4.79 Å². The molecule has 3 rings (SSSR count). The maximum Gasteiger partial charge on any atom is 0.245 e. The van der Waals surface area contributed by atoms with Gasteiger partial charge >= 0.3 is 0 Å². The van der Waals surface area contributed by atoms with Gasteiger partial charge in [0.25, 0.3) is 0 Å². The minimum Gasteiger partial charge on any atom is -0.358 e. The number of rotatable bonds is 4. The second kappa shape index (κ2) is 6.39. The molecule has 0 radical (unpaired) electrons. The quantitative estimate of drug-likeness (QED) is 0.505. The highest BCUT2D eigenvalue weighted by atomic mass is 16.2. The van der Waals surface area contributed by atoms with Gasteiger partial charge < -0.3 is 4.98 Å². The number of hydrazone groups is 1. The van der Waals surface area contributed by atoms with Crippen LogP contribution in [0, 0.1) is 5.92 Å². The first-order chi connectivity index (χ1) is 10.3. The van der Waals surface area contributed by atoms with Crippen molar-refractivity contribution in [3.05, 3.63) is 48.2 Å². The summed E-state index contributed by atoms with van der Waals surface area (Å²) < 4.78 is 0. The maximum atomic E-state index is 11.9. The topological polar surface area (TPSA) is 57.2 Å². The molecule has 0 bridgehead atoms. The molecule has 1 aliphatic rings. The molecule has 1 unspecified atom stereocenters. The zero-order chi connectivity index (χ0) is 14.5. The van der Waals surface area contributed by atoms with Gasteiger partial charge in [-0.05, 0) is 42.7 Å². The van der Waals surface area contributed by atoms with Crippen molar-refractivity contribution >= 4 is 23.0 Å². The van der Waals surface area contributed by atoms with Crippen molar-refractivity contribution in [2.75, 3.05) is 0 Å². The second-order valence-electron chi connectivity index (χ2n) is 5.42. The van der Waals surface area contributed by atoms with Crippen molar-refractivity contribution < 1.29 is 4.79 Å². The van der Waals surface area contributed by atoms with Crippen LogP contribution >= 0.6 is 0 Å². The third-order valence-corrected chi connectivity index (χ3v) is 3.72. The number of carbonyl (C=O) groups is 1. The SMILES string of the molecule is O=C(Cc1cc2ccccc2[nH]1)N/N=C\C1CC=CCC1. The predicted octanol–water partition coefficient (Wildman–Crippen LogP) is 3.17. The van der Waals surface area contributed by atoms with E-state index in [0.717, 1.165) is 35.9 Å². The Morgan fingerprint density at radius 2 is 2.29 bits per heavy atom. The van der Waals surface area contributed by atoms with Crippen LogP contribution in [-0.4, -0.2) is 17.1 Å². The first kappa shape index (κ1) is 13.6. The minimum atomic E-state index is -0.0934. The summed E-state index contributed by atoms with van der Waals surface area (Å²) in [5.74, 6) is 0.354. The summed E-state index contributed by atoms with van der Waals surface area (Å²) >= 11 is 0. The fourth-order valence-corrected chi connectivity index (χ4v) is 2.61. The van der Waals surface area contributed by atoms with Crippen molar-refractivity contribution in [3.63, 3.8) is 0 Å². The van der Waals surface area contributed by atoms with Crippen molar-refractivity contribution in [1.82, 2.24) is 10.4 Å². The molecule has 1 atom stereocenters. The van der Waals surface area contributed by atoms with E-state index in [2.05, 4.69) is 27.7 Å². The van der Waals surface area contributed by atoms with Crippen molar-refractivity contribution in [1.29, 1.82) is 0 Å². The second-order valence-corrected chi connectivity index (χ2v) is 5.42. The Labute approximate surface area is 123 Å². The van der Waals surface area contributed by atoms with Crippen LogP contribution in [-0.2, 0) is 11.2 Å². The lowest BCUT2D eigenvalue weighted by Gasteiger charge is -2.11. The molecule has 108 valence electrons. The molecular weight excluding hydrogens is 262 g/mol. The van der Waals surface area contributed by atoms with Gasteiger partial charge in [-0.15, -0.1) is 0 Å². The Morgan fingerprint density at radius 3 is 3.10 bits per heavy atom. The first-order valence-electron chi connectivity index (χ1n) is 7.35. The Balaban J connectivity index is 1.53. The van der Waals surface area contributed by atoms with Gasteiger partial charge in [-0.2, -0.15) is 5.10 Å². The number of H-pyrrole nitrogens is 1. The molecule has 0 aliphatic heterocycles. The van der Waals surface area contributed by atoms with Crippen LogP contribution in [0.1, 0.15) is 25.0 Å². The van der Waals surface area contributed by atoms with Gasteiger partial charge in [-0.25, -0.2) is 5.43 Å². The van der Waals surface area contributed by atoms with Crippen LogP contribution in [0.15, 0.2) is 47.6 Å². The summed E-state index contributed by atoms with van der Waals surface area (Å²) in [5.41, 5.74) is 4.57. The van der Waals surface area contributed by atoms with Gasteiger partial charge in [-0.3, -0.25) is 4.79 Å². The number of nitrogens with zero attached hydrogens (tertiary/aromatic N) is 1. The van der Waals surface area contributed by atoms with Crippen LogP contribution in [0.4, 0.5) is 0 Å². The van der Waals surface area contributed by atoms with Crippen LogP contribution in [0.5, 0.6) is 0 Å². The Hall–Kier alpha value is -2.36. The van der Waals surface area contributed by atoms with E-state index in [0.29, 0.717) is 12.3 Å². The van der Waals surface area contributed by atoms with E-state index in [1.807, 2.05) is 36.5 Å². The largest absolute Gasteiger partial charge is 0.358 e. The summed E-state index contributed by atoms with van der Waals surface area (Å²) in [5, 5.41) is 5.20. The standard InChI is InChI=1S/C17H19N3O/c21-17(20-18-12-13-6-2-1-3-7-13)11-15-10-14-8-4-5-9-16(14)19-15/h1-2,4-5,8-10,12-13,19H,3,6-7,11H2,(H,20,21)/b18-12-. The number of benzene rings is 1. The third-order valence-electron chi connectivity index (χ3n) is 3.72. The van der Waals surface area contributed by atoms with Gasteiger partial charge in [-0.1, -0.05) is 30.4 Å². The number of hydrogen-bond acceptors (Lipinski definition) is 2. The third kappa shape index (κ3) is 3.60. The normalized spacial score (nSPS) is 18.4. The van der Waals surface area contributed by atoms with E-state index in [1.165, 1.54) is 0 Å². The zero-order valence-corrected chi connectivity index (χ0v) is 11.9. The summed E-state index contributed by atoms with van der Waals surface area (Å²) in [6.07, 6.45) is 9.76. The fraction of sp³-hybridized carbons (Fsp3) is 0.294. The molecule has 1 heterocycles. The van der Waals surface area contributed by atoms with Crippen molar-refractivity contribution in [3.8, 4) is 0 Å². The molecule has 0 spiro atoms. The number of allylic oxidation sites excluding steroid dienone is 2. The molecule has 4 heteroatoms. The number of hydrogen-bond donors (Lipinski definition) is 2. The number of para-hydroxylation sites is 1. The summed E-state index contributed by atoms with van der Waals surface area (Å²) in [6.45, 7) is 0. The van der Waals surface area contributed by atoms with E-state index in [1.54, 1.807) is 0 Å². The van der Waals surface area contributed by atoms with E-state index in [4.69, 9.17) is 0 Å². The summed E-state index contributed by atoms with van der Waals surface area (Å²) in [7, 11) is 0. The fourth-order valence-electron chi connectivity index (χ4n) is 2.61. The smallest absolute Gasteiger partial charge is 0.245 e. The number of fused-ring (bicyclic) bond motifs is 1. The molecule has 1 amide bonds. The van der Waals surface area contributed by atoms with Gasteiger partial charge in [0.2, 0.25) is 5.91 Å². The monoisotopic (exact) mass is 281 g/mol. The van der Waals surface area contributed by atoms with Crippen molar-refractivity contribution in [2.24, 2.45) is 11.0 Å². The number of aromatic amines is 1. The number of aromatic nitrogens is 1. The van der Waals surface area contributed by atoms with E-state index in [-0.39, 0.29) is 5.91 Å². The molecule has 21 heavy (non-hydrogen) atoms. The van der Waals surface area contributed by atoms with Gasteiger partial charge in [0.15, 0.2) is 0 Å². The zero-order valence-electron chi connectivity index (χ0n) is 11.9. The van der Waals surface area contributed by atoms with E-state index < -0.39 is 0 Å². The molecule has 1 aromatic heterocycles. The molecule has 4 nitrogen and oxygen atoms in total. The lowest BCUT2D eigenvalue weighted by atomic mass is 9.96. The molecule has 0 saturated heterocycles. The Kier molecular flexibility index (Phi) is 4.15. The minimum absolute atomic E-state index is 0.0934. The molecule has 0 fully saturated rings. The highest BCUT2D eigenvalue weighted by Gasteiger charge is 2.08. The van der Waals surface area contributed by atoms with Crippen molar-refractivity contribution in [2.45, 2.75) is 25.7 Å². The summed E-state index contributed by atoms with van der Waals surface area (Å²) in [4.78, 5) is 15.1. The lowest BCUT2D eigenvalue weighted by molar-refractivity contribution is -0.120. The number of nitrogens with one attached hydrogen (secondary N) is 2. The van der Waals surface area contributed by atoms with Gasteiger partial charge in [0, 0.05) is 17.4 Å². The summed E-state index contributed by atoms with van der Waals surface area (Å²) in [6, 6.07) is 10.0. The number of amides is 1. The van der Waals surface area contributed by atoms with Gasteiger partial charge in [0.05, 0.1) is 6.42 Å². The predicted molar refractivity (Wildman–Crippen MR) is 85.1 cm³/mol. The molecule has 2 N–H and O–H groups in total. The van der Waals surface area contributed by atoms with Crippen LogP contribution < -0.4 is 5.43 Å². The average Bonchev–Trinajstić information content (AvgIpc) is 2.90. The Bertz CT molecular complexity index is 651. The number of carbonyl (C=O) groups excluding carboxylic acids is 1. The van der Waals surface area contributed by atoms with Crippen LogP contribution in [0.3, 0.4) is 0 Å². The highest BCUT2D eigenvalue weighted by Crippen LogP contribution is 2.16. The Morgan fingerprint density at radius 1 is 1.38 bits per heavy atom. The first-order valence-corrected chi connectivity index (χ1v) is 7.35.